The fourth-order valence-corrected chi connectivity index (χ4v) is 4.47. The first-order valence-corrected chi connectivity index (χ1v) is 13.3. The van der Waals surface area contributed by atoms with Crippen molar-refractivity contribution in [3.63, 3.8) is 0 Å². The number of nitrogens with one attached hydrogen (secondary N) is 3. The quantitative estimate of drug-likeness (QED) is 0.165. The molecule has 0 saturated heterocycles. The van der Waals surface area contributed by atoms with E-state index >= 15 is 0 Å². The van der Waals surface area contributed by atoms with Gasteiger partial charge in [0, 0.05) is 33.0 Å². The highest BCUT2D eigenvalue weighted by Gasteiger charge is 2.15. The molecule has 3 amide bonds. The zero-order chi connectivity index (χ0) is 26.7. The number of halogens is 1. The second-order valence-corrected chi connectivity index (χ2v) is 9.87. The molecule has 0 unspecified atom stereocenters. The van der Waals surface area contributed by atoms with Crippen LogP contribution in [0, 0.1) is 0 Å². The van der Waals surface area contributed by atoms with Gasteiger partial charge < -0.3 is 16.0 Å². The van der Waals surface area contributed by atoms with Gasteiger partial charge in [-0.2, -0.15) is 0 Å². The number of nitrogens with zero attached hydrogens (tertiary/aromatic N) is 1. The number of carbonyl (C=O) groups excluding carboxylic acids is 3. The first-order chi connectivity index (χ1) is 18.5. The number of hydrogen-bond donors (Lipinski definition) is 3. The number of rotatable bonds is 9. The van der Waals surface area contributed by atoms with Crippen molar-refractivity contribution in [2.75, 3.05) is 16.4 Å². The van der Waals surface area contributed by atoms with Gasteiger partial charge in [0.2, 0.25) is 5.91 Å². The Morgan fingerprint density at radius 1 is 0.868 bits per heavy atom. The van der Waals surface area contributed by atoms with Crippen LogP contribution in [0.5, 0.6) is 0 Å². The van der Waals surface area contributed by atoms with Crippen LogP contribution in [0.4, 0.5) is 11.4 Å². The largest absolute Gasteiger partial charge is 0.324 e. The first-order valence-electron chi connectivity index (χ1n) is 11.5. The normalized spacial score (nSPS) is 10.9. The standard InChI is InChI=1S/C29H23BrN4O3S/c30-24-13-4-5-14-25(24)33-27(35)19-38-23-12-6-11-22(17-23)32-29(37)26(16-20-8-7-15-31-18-20)34-28(36)21-9-2-1-3-10-21/h1-18H,19H2,(H,32,37)(H,33,35)(H,34,36)/b26-16-. The Morgan fingerprint density at radius 3 is 2.42 bits per heavy atom. The van der Waals surface area contributed by atoms with Gasteiger partial charge in [0.25, 0.3) is 11.8 Å². The second-order valence-electron chi connectivity index (χ2n) is 7.96. The number of anilines is 2. The maximum absolute atomic E-state index is 13.2. The van der Waals surface area contributed by atoms with E-state index in [1.165, 1.54) is 11.8 Å². The third-order valence-corrected chi connectivity index (χ3v) is 6.82. The average molecular weight is 587 g/mol. The van der Waals surface area contributed by atoms with E-state index in [0.29, 0.717) is 22.5 Å². The monoisotopic (exact) mass is 586 g/mol. The Kier molecular flexibility index (Phi) is 9.44. The Hall–Kier alpha value is -4.21. The van der Waals surface area contributed by atoms with Crippen molar-refractivity contribution in [2.45, 2.75) is 4.90 Å². The van der Waals surface area contributed by atoms with E-state index in [2.05, 4.69) is 36.9 Å². The molecule has 0 atom stereocenters. The van der Waals surface area contributed by atoms with Gasteiger partial charge in [0.1, 0.15) is 5.70 Å². The van der Waals surface area contributed by atoms with E-state index in [1.54, 1.807) is 73.1 Å². The van der Waals surface area contributed by atoms with E-state index < -0.39 is 11.8 Å². The van der Waals surface area contributed by atoms with Crippen molar-refractivity contribution in [1.82, 2.24) is 10.3 Å². The van der Waals surface area contributed by atoms with Gasteiger partial charge in [-0.3, -0.25) is 19.4 Å². The van der Waals surface area contributed by atoms with Crippen LogP contribution in [-0.2, 0) is 9.59 Å². The predicted octanol–water partition coefficient (Wildman–Crippen LogP) is 5.98. The predicted molar refractivity (Wildman–Crippen MR) is 155 cm³/mol. The zero-order valence-electron chi connectivity index (χ0n) is 20.1. The van der Waals surface area contributed by atoms with Gasteiger partial charge in [0.15, 0.2) is 0 Å². The average Bonchev–Trinajstić information content (AvgIpc) is 2.94. The van der Waals surface area contributed by atoms with Crippen LogP contribution in [0.1, 0.15) is 15.9 Å². The van der Waals surface area contributed by atoms with Crippen LogP contribution >= 0.6 is 27.7 Å². The van der Waals surface area contributed by atoms with E-state index in [4.69, 9.17) is 0 Å². The summed E-state index contributed by atoms with van der Waals surface area (Å²) in [5, 5.41) is 8.40. The lowest BCUT2D eigenvalue weighted by Crippen LogP contribution is -2.30. The molecule has 38 heavy (non-hydrogen) atoms. The second kappa shape index (κ2) is 13.4. The summed E-state index contributed by atoms with van der Waals surface area (Å²) in [6.45, 7) is 0. The Bertz CT molecular complexity index is 1460. The molecule has 3 N–H and O–H groups in total. The molecule has 0 aliphatic carbocycles. The minimum Gasteiger partial charge on any atom is -0.324 e. The van der Waals surface area contributed by atoms with Crippen LogP contribution in [0.25, 0.3) is 6.08 Å². The fraction of sp³-hybridized carbons (Fsp3) is 0.0345. The Balaban J connectivity index is 1.43. The highest BCUT2D eigenvalue weighted by atomic mass is 79.9. The lowest BCUT2D eigenvalue weighted by atomic mass is 10.2. The third kappa shape index (κ3) is 7.89. The molecular formula is C29H23BrN4O3S. The van der Waals surface area contributed by atoms with Crippen LogP contribution < -0.4 is 16.0 Å². The van der Waals surface area contributed by atoms with Gasteiger partial charge in [-0.1, -0.05) is 42.5 Å². The van der Waals surface area contributed by atoms with Crippen LogP contribution in [0.15, 0.2) is 118 Å². The molecule has 4 rings (SSSR count). The summed E-state index contributed by atoms with van der Waals surface area (Å²) in [6.07, 6.45) is 4.79. The SMILES string of the molecule is O=C(CSc1cccc(NC(=O)/C(=C/c2cccnc2)NC(=O)c2ccccc2)c1)Nc1ccccc1Br. The number of thioether (sulfide) groups is 1. The summed E-state index contributed by atoms with van der Waals surface area (Å²) in [5.74, 6) is -0.859. The van der Waals surface area contributed by atoms with Crippen LogP contribution in [0.2, 0.25) is 0 Å². The van der Waals surface area contributed by atoms with Gasteiger partial charge in [0.05, 0.1) is 11.4 Å². The smallest absolute Gasteiger partial charge is 0.272 e. The summed E-state index contributed by atoms with van der Waals surface area (Å²) in [4.78, 5) is 43.3. The highest BCUT2D eigenvalue weighted by molar-refractivity contribution is 9.10. The van der Waals surface area contributed by atoms with Gasteiger partial charge in [-0.05, 0) is 76.1 Å². The lowest BCUT2D eigenvalue weighted by Gasteiger charge is -2.12. The molecule has 0 saturated carbocycles. The molecule has 0 spiro atoms. The maximum atomic E-state index is 13.2. The van der Waals surface area contributed by atoms with Gasteiger partial charge in [-0.25, -0.2) is 0 Å². The number of aromatic nitrogens is 1. The summed E-state index contributed by atoms with van der Waals surface area (Å²) < 4.78 is 0.803. The van der Waals surface area contributed by atoms with E-state index in [9.17, 15) is 14.4 Å². The van der Waals surface area contributed by atoms with Crippen LogP contribution in [0.3, 0.4) is 0 Å². The van der Waals surface area contributed by atoms with Gasteiger partial charge >= 0.3 is 0 Å². The maximum Gasteiger partial charge on any atom is 0.272 e. The van der Waals surface area contributed by atoms with E-state index in [-0.39, 0.29) is 17.4 Å². The zero-order valence-corrected chi connectivity index (χ0v) is 22.5. The minimum absolute atomic E-state index is 0.0673. The Labute approximate surface area is 232 Å². The summed E-state index contributed by atoms with van der Waals surface area (Å²) in [6, 6.07) is 26.7. The minimum atomic E-state index is -0.494. The van der Waals surface area contributed by atoms with E-state index in [0.717, 1.165) is 9.37 Å². The molecule has 0 radical (unpaired) electrons. The molecule has 1 heterocycles. The van der Waals surface area contributed by atoms with Gasteiger partial charge in [-0.15, -0.1) is 11.8 Å². The molecule has 1 aromatic heterocycles. The fourth-order valence-electron chi connectivity index (χ4n) is 3.33. The molecule has 0 aliphatic rings. The number of para-hydroxylation sites is 1. The highest BCUT2D eigenvalue weighted by Crippen LogP contribution is 2.24. The molecule has 3 aromatic carbocycles. The number of amides is 3. The number of benzene rings is 3. The number of pyridine rings is 1. The van der Waals surface area contributed by atoms with Crippen molar-refractivity contribution in [2.24, 2.45) is 0 Å². The van der Waals surface area contributed by atoms with Crippen molar-refractivity contribution in [3.8, 4) is 0 Å². The summed E-state index contributed by atoms with van der Waals surface area (Å²) in [5.41, 5.74) is 2.38. The lowest BCUT2D eigenvalue weighted by molar-refractivity contribution is -0.114. The number of carbonyl (C=O) groups is 3. The molecule has 0 bridgehead atoms. The third-order valence-electron chi connectivity index (χ3n) is 5.13. The van der Waals surface area contributed by atoms with Crippen molar-refractivity contribution in [1.29, 1.82) is 0 Å². The summed E-state index contributed by atoms with van der Waals surface area (Å²) in [7, 11) is 0. The molecule has 0 aliphatic heterocycles. The first kappa shape index (κ1) is 26.8. The molecule has 4 aromatic rings. The topological polar surface area (TPSA) is 100 Å². The molecular weight excluding hydrogens is 564 g/mol. The summed E-state index contributed by atoms with van der Waals surface area (Å²) >= 11 is 4.76. The van der Waals surface area contributed by atoms with Crippen LogP contribution in [-0.4, -0.2) is 28.5 Å². The van der Waals surface area contributed by atoms with E-state index in [1.807, 2.05) is 36.4 Å². The molecule has 0 fully saturated rings. The molecule has 9 heteroatoms. The van der Waals surface area contributed by atoms with Crippen molar-refractivity contribution in [3.05, 3.63) is 125 Å². The molecule has 7 nitrogen and oxygen atoms in total. The van der Waals surface area contributed by atoms with Crippen molar-refractivity contribution >= 4 is 62.9 Å². The molecule has 190 valence electrons. The Morgan fingerprint density at radius 2 is 1.66 bits per heavy atom. The number of hydrogen-bond acceptors (Lipinski definition) is 5. The van der Waals surface area contributed by atoms with Crippen molar-refractivity contribution < 1.29 is 14.4 Å².